The van der Waals surface area contributed by atoms with Crippen LogP contribution in [0.3, 0.4) is 0 Å². The molecule has 2 nitrogen and oxygen atoms in total. The molecule has 0 radical (unpaired) electrons. The molecule has 94 valence electrons. The molecular weight excluding hydrogens is 228 g/mol. The fourth-order valence-electron chi connectivity index (χ4n) is 1.55. The summed E-state index contributed by atoms with van der Waals surface area (Å²) in [5, 5.41) is 0. The van der Waals surface area contributed by atoms with Crippen molar-refractivity contribution in [2.75, 3.05) is 13.2 Å². The number of ether oxygens (including phenoxy) is 1. The van der Waals surface area contributed by atoms with E-state index in [2.05, 4.69) is 25.6 Å². The van der Waals surface area contributed by atoms with Gasteiger partial charge in [0.2, 0.25) is 0 Å². The maximum Gasteiger partial charge on any atom is 0.167 e. The van der Waals surface area contributed by atoms with Gasteiger partial charge in [0.05, 0.1) is 6.61 Å². The van der Waals surface area contributed by atoms with Crippen molar-refractivity contribution >= 4 is 15.8 Å². The van der Waals surface area contributed by atoms with Gasteiger partial charge in [0.1, 0.15) is 0 Å². The van der Waals surface area contributed by atoms with Gasteiger partial charge < -0.3 is 9.16 Å². The fourth-order valence-corrected chi connectivity index (χ4v) is 2.57. The van der Waals surface area contributed by atoms with Gasteiger partial charge in [0, 0.05) is 13.2 Å². The zero-order valence-corrected chi connectivity index (χ0v) is 12.2. The lowest BCUT2D eigenvalue weighted by atomic mass is 10.1. The van der Waals surface area contributed by atoms with Gasteiger partial charge in [0.15, 0.2) is 9.76 Å². The number of benzene rings is 1. The smallest absolute Gasteiger partial charge is 0.167 e. The number of hydrogen-bond donors (Lipinski definition) is 0. The first-order valence-corrected chi connectivity index (χ1v) is 7.52. The minimum Gasteiger partial charge on any atom is -0.419 e. The van der Waals surface area contributed by atoms with E-state index < -0.39 is 9.76 Å². The Morgan fingerprint density at radius 3 is 3.00 bits per heavy atom. The van der Waals surface area contributed by atoms with Gasteiger partial charge in [-0.25, -0.2) is 0 Å². The standard InChI is InChI=1S/C14H22O2Si/c1-4-13-7-6-8-14(9-13)11-16-17-12(3)10-15-5-2/h4,6-9,12H,1,5,10-11,17H2,2-3H3. The van der Waals surface area contributed by atoms with Crippen LogP contribution < -0.4 is 0 Å². The lowest BCUT2D eigenvalue weighted by Crippen LogP contribution is -2.11. The molecule has 0 heterocycles. The predicted octanol–water partition coefficient (Wildman–Crippen LogP) is 2.77. The molecule has 0 aliphatic heterocycles. The van der Waals surface area contributed by atoms with E-state index >= 15 is 0 Å². The third kappa shape index (κ3) is 5.82. The van der Waals surface area contributed by atoms with Crippen LogP contribution in [0.4, 0.5) is 0 Å². The molecule has 0 aliphatic rings. The van der Waals surface area contributed by atoms with Crippen molar-refractivity contribution in [2.45, 2.75) is 26.0 Å². The van der Waals surface area contributed by atoms with E-state index in [0.29, 0.717) is 12.1 Å². The van der Waals surface area contributed by atoms with Gasteiger partial charge in [-0.2, -0.15) is 0 Å². The largest absolute Gasteiger partial charge is 0.419 e. The molecule has 1 aromatic rings. The van der Waals surface area contributed by atoms with E-state index in [0.717, 1.165) is 18.8 Å². The first-order chi connectivity index (χ1) is 8.26. The van der Waals surface area contributed by atoms with Crippen LogP contribution in [0.5, 0.6) is 0 Å². The molecule has 1 aromatic carbocycles. The van der Waals surface area contributed by atoms with Gasteiger partial charge in [-0.15, -0.1) is 0 Å². The van der Waals surface area contributed by atoms with E-state index in [4.69, 9.17) is 9.16 Å². The van der Waals surface area contributed by atoms with E-state index in [1.807, 2.05) is 25.1 Å². The zero-order chi connectivity index (χ0) is 12.5. The molecule has 0 fully saturated rings. The van der Waals surface area contributed by atoms with E-state index in [-0.39, 0.29) is 0 Å². The van der Waals surface area contributed by atoms with E-state index in [1.165, 1.54) is 5.56 Å². The predicted molar refractivity (Wildman–Crippen MR) is 75.8 cm³/mol. The molecule has 0 aliphatic carbocycles. The maximum absolute atomic E-state index is 5.80. The Balaban J connectivity index is 2.27. The van der Waals surface area contributed by atoms with Crippen molar-refractivity contribution in [3.63, 3.8) is 0 Å². The van der Waals surface area contributed by atoms with Crippen LogP contribution in [0, 0.1) is 0 Å². The van der Waals surface area contributed by atoms with E-state index in [9.17, 15) is 0 Å². The average molecular weight is 250 g/mol. The third-order valence-electron chi connectivity index (χ3n) is 2.46. The molecular formula is C14H22O2Si. The Morgan fingerprint density at radius 2 is 2.29 bits per heavy atom. The summed E-state index contributed by atoms with van der Waals surface area (Å²) in [7, 11) is -0.498. The molecule has 1 atom stereocenters. The van der Waals surface area contributed by atoms with Crippen molar-refractivity contribution in [1.29, 1.82) is 0 Å². The van der Waals surface area contributed by atoms with Crippen molar-refractivity contribution in [1.82, 2.24) is 0 Å². The highest BCUT2D eigenvalue weighted by Crippen LogP contribution is 2.09. The highest BCUT2D eigenvalue weighted by molar-refractivity contribution is 6.29. The summed E-state index contributed by atoms with van der Waals surface area (Å²) in [5.41, 5.74) is 2.95. The van der Waals surface area contributed by atoms with Gasteiger partial charge in [-0.05, 0) is 29.7 Å². The Kier molecular flexibility index (Phi) is 6.85. The van der Waals surface area contributed by atoms with Gasteiger partial charge >= 0.3 is 0 Å². The summed E-state index contributed by atoms with van der Waals surface area (Å²) in [5.74, 6) is 0. The maximum atomic E-state index is 5.80. The van der Waals surface area contributed by atoms with Crippen LogP contribution in [0.2, 0.25) is 5.54 Å². The molecule has 0 spiro atoms. The molecule has 0 amide bonds. The number of rotatable bonds is 8. The number of hydrogen-bond acceptors (Lipinski definition) is 2. The second-order valence-electron chi connectivity index (χ2n) is 4.23. The molecule has 17 heavy (non-hydrogen) atoms. The summed E-state index contributed by atoms with van der Waals surface area (Å²) in [6.07, 6.45) is 1.86. The van der Waals surface area contributed by atoms with Crippen molar-refractivity contribution in [3.05, 3.63) is 42.0 Å². The van der Waals surface area contributed by atoms with Crippen molar-refractivity contribution in [2.24, 2.45) is 0 Å². The van der Waals surface area contributed by atoms with Gasteiger partial charge in [-0.1, -0.05) is 37.8 Å². The topological polar surface area (TPSA) is 18.5 Å². The summed E-state index contributed by atoms with van der Waals surface area (Å²) in [4.78, 5) is 0. The lowest BCUT2D eigenvalue weighted by molar-refractivity contribution is 0.144. The Hall–Kier alpha value is -0.903. The molecule has 0 aromatic heterocycles. The minimum atomic E-state index is -0.498. The quantitative estimate of drug-likeness (QED) is 0.661. The van der Waals surface area contributed by atoms with Crippen LogP contribution in [0.15, 0.2) is 30.8 Å². The molecule has 0 saturated heterocycles. The minimum absolute atomic E-state index is 0.498. The highest BCUT2D eigenvalue weighted by atomic mass is 28.2. The second-order valence-corrected chi connectivity index (χ2v) is 6.36. The van der Waals surface area contributed by atoms with Crippen LogP contribution >= 0.6 is 0 Å². The Bertz CT molecular complexity index is 339. The summed E-state index contributed by atoms with van der Waals surface area (Å²) in [6, 6.07) is 8.30. The van der Waals surface area contributed by atoms with E-state index in [1.54, 1.807) is 0 Å². The van der Waals surface area contributed by atoms with Crippen LogP contribution in [-0.2, 0) is 15.8 Å². The van der Waals surface area contributed by atoms with Crippen molar-refractivity contribution < 1.29 is 9.16 Å². The van der Waals surface area contributed by atoms with Crippen LogP contribution in [0.25, 0.3) is 6.08 Å². The Morgan fingerprint density at radius 1 is 1.47 bits per heavy atom. The molecule has 0 bridgehead atoms. The molecule has 3 heteroatoms. The lowest BCUT2D eigenvalue weighted by Gasteiger charge is -2.11. The van der Waals surface area contributed by atoms with Crippen LogP contribution in [0.1, 0.15) is 25.0 Å². The average Bonchev–Trinajstić information content (AvgIpc) is 2.36. The van der Waals surface area contributed by atoms with Gasteiger partial charge in [-0.3, -0.25) is 0 Å². The van der Waals surface area contributed by atoms with Crippen LogP contribution in [-0.4, -0.2) is 23.0 Å². The summed E-state index contributed by atoms with van der Waals surface area (Å²) in [6.45, 7) is 10.3. The first-order valence-electron chi connectivity index (χ1n) is 6.13. The highest BCUT2D eigenvalue weighted by Gasteiger charge is 2.03. The molecule has 1 rings (SSSR count). The molecule has 0 saturated carbocycles. The normalized spacial score (nSPS) is 13.1. The van der Waals surface area contributed by atoms with Gasteiger partial charge in [0.25, 0.3) is 0 Å². The first kappa shape index (κ1) is 14.2. The monoisotopic (exact) mass is 250 g/mol. The summed E-state index contributed by atoms with van der Waals surface area (Å²) >= 11 is 0. The van der Waals surface area contributed by atoms with Crippen molar-refractivity contribution in [3.8, 4) is 0 Å². The summed E-state index contributed by atoms with van der Waals surface area (Å²) < 4.78 is 11.2. The third-order valence-corrected chi connectivity index (χ3v) is 3.71. The zero-order valence-electron chi connectivity index (χ0n) is 10.8. The fraction of sp³-hybridized carbons (Fsp3) is 0.429. The second kappa shape index (κ2) is 8.23. The SMILES string of the molecule is C=Cc1cccc(CO[SiH2]C(C)COCC)c1. The molecule has 0 N–H and O–H groups in total. The Labute approximate surface area is 107 Å². The molecule has 1 unspecified atom stereocenters.